The minimum Gasteiger partial charge on any atom is -0.380 e. The van der Waals surface area contributed by atoms with Crippen LogP contribution in [0.5, 0.6) is 0 Å². The Kier molecular flexibility index (Phi) is 12.7. The second kappa shape index (κ2) is 14.4. The van der Waals surface area contributed by atoms with Gasteiger partial charge in [0, 0.05) is 18.0 Å². The third-order valence-electron chi connectivity index (χ3n) is 6.21. The van der Waals surface area contributed by atoms with Crippen LogP contribution in [0.4, 0.5) is 0 Å². The van der Waals surface area contributed by atoms with E-state index in [0.29, 0.717) is 6.42 Å². The van der Waals surface area contributed by atoms with E-state index in [1.807, 2.05) is 41.5 Å². The highest BCUT2D eigenvalue weighted by molar-refractivity contribution is 8.07. The van der Waals surface area contributed by atoms with Gasteiger partial charge >= 0.3 is 14.5 Å². The summed E-state index contributed by atoms with van der Waals surface area (Å²) >= 11 is 5.20. The smallest absolute Gasteiger partial charge is 0.380 e. The molecule has 11 atom stereocenters. The number of hydrogen-bond acceptors (Lipinski definition) is 11. The van der Waals surface area contributed by atoms with Crippen LogP contribution in [0, 0.1) is 0 Å². The monoisotopic (exact) mass is 636 g/mol. The van der Waals surface area contributed by atoms with Crippen molar-refractivity contribution in [3.8, 4) is 0 Å². The van der Waals surface area contributed by atoms with Gasteiger partial charge in [0.1, 0.15) is 41.9 Å². The summed E-state index contributed by atoms with van der Waals surface area (Å²) < 4.78 is 63.1. The van der Waals surface area contributed by atoms with E-state index >= 15 is 0 Å². The molecule has 3 aliphatic heterocycles. The van der Waals surface area contributed by atoms with Crippen LogP contribution >= 0.6 is 14.5 Å². The van der Waals surface area contributed by atoms with Crippen LogP contribution in [0.15, 0.2) is 0 Å². The normalized spacial score (nSPS) is 37.7. The van der Waals surface area contributed by atoms with Crippen LogP contribution in [0.3, 0.4) is 0 Å². The Morgan fingerprint density at radius 2 is 1.17 bits per heavy atom. The molecular weight excluding hydrogens is 595 g/mol. The first-order valence-electron chi connectivity index (χ1n) is 13.6. The summed E-state index contributed by atoms with van der Waals surface area (Å²) in [5.74, 6) is 0. The van der Waals surface area contributed by atoms with Crippen molar-refractivity contribution in [2.45, 2.75) is 127 Å². The number of phosphoric ester groups is 1. The first kappa shape index (κ1) is 36.1. The highest BCUT2D eigenvalue weighted by atomic mass is 32.5. The largest absolute Gasteiger partial charge is 0.472 e. The summed E-state index contributed by atoms with van der Waals surface area (Å²) in [6.45, 7) is 7.08. The molecular formula is C23H41B3O12P2S. The van der Waals surface area contributed by atoms with Crippen molar-refractivity contribution in [1.29, 1.82) is 0 Å². The average molecular weight is 636 g/mol. The molecule has 0 aromatic heterocycles. The van der Waals surface area contributed by atoms with Crippen LogP contribution in [-0.2, 0) is 58.2 Å². The molecule has 0 aromatic rings. The summed E-state index contributed by atoms with van der Waals surface area (Å²) in [6.07, 6.45) is -3.49. The molecule has 0 aromatic carbocycles. The molecule has 3 rings (SSSR count). The first-order chi connectivity index (χ1) is 18.7. The van der Waals surface area contributed by atoms with Crippen molar-refractivity contribution in [3.63, 3.8) is 0 Å². The van der Waals surface area contributed by atoms with Gasteiger partial charge in [0.2, 0.25) is 0 Å². The van der Waals surface area contributed by atoms with Crippen molar-refractivity contribution in [1.82, 2.24) is 0 Å². The Labute approximate surface area is 252 Å². The van der Waals surface area contributed by atoms with E-state index in [1.54, 1.807) is 0 Å². The molecule has 12 nitrogen and oxygen atoms in total. The summed E-state index contributed by atoms with van der Waals surface area (Å²) in [6, 6.07) is -2.01. The SMILES string of the molecule is [B][C@H]1CC(OC(C)(C)C)[C@@H](COP(O)(=S)OC2C[C@H]([B])O[C@@H]2COP(=O)(O)OC2C[C@H]([B])O[C@@H]2COC(C)(C)C)O1. The Hall–Kier alpha value is 0.635. The van der Waals surface area contributed by atoms with E-state index in [1.165, 1.54) is 0 Å². The van der Waals surface area contributed by atoms with Gasteiger partial charge in [-0.15, -0.1) is 0 Å². The van der Waals surface area contributed by atoms with Gasteiger partial charge in [-0.25, -0.2) is 4.57 Å². The number of hydrogen-bond donors (Lipinski definition) is 2. The average Bonchev–Trinajstić information content (AvgIpc) is 3.43. The van der Waals surface area contributed by atoms with Crippen LogP contribution in [0.2, 0.25) is 0 Å². The molecule has 3 heterocycles. The maximum absolute atomic E-state index is 12.8. The van der Waals surface area contributed by atoms with Crippen molar-refractivity contribution < 1.29 is 56.1 Å². The lowest BCUT2D eigenvalue weighted by Gasteiger charge is -2.29. The zero-order chi connectivity index (χ0) is 30.8. The van der Waals surface area contributed by atoms with Crippen molar-refractivity contribution in [2.75, 3.05) is 19.8 Å². The summed E-state index contributed by atoms with van der Waals surface area (Å²) in [4.78, 5) is 21.2. The molecule has 230 valence electrons. The van der Waals surface area contributed by atoms with E-state index in [4.69, 9.17) is 77.1 Å². The molecule has 0 aliphatic carbocycles. The van der Waals surface area contributed by atoms with Gasteiger partial charge in [-0.2, -0.15) is 0 Å². The topological polar surface area (TPSA) is 141 Å². The molecule has 41 heavy (non-hydrogen) atoms. The number of phosphoric acid groups is 1. The second-order valence-corrected chi connectivity index (χ2v) is 16.6. The Morgan fingerprint density at radius 3 is 1.68 bits per heavy atom. The van der Waals surface area contributed by atoms with Crippen molar-refractivity contribution >= 4 is 49.9 Å². The lowest BCUT2D eigenvalue weighted by Crippen LogP contribution is -2.35. The van der Waals surface area contributed by atoms with Crippen molar-refractivity contribution in [3.05, 3.63) is 0 Å². The fourth-order valence-corrected chi connectivity index (χ4v) is 6.99. The second-order valence-electron chi connectivity index (χ2n) is 12.4. The molecule has 18 heteroatoms. The number of rotatable bonds is 13. The third kappa shape index (κ3) is 12.5. The third-order valence-corrected chi connectivity index (χ3v) is 8.81. The van der Waals surface area contributed by atoms with Crippen LogP contribution in [0.25, 0.3) is 0 Å². The molecule has 5 unspecified atom stereocenters. The maximum Gasteiger partial charge on any atom is 0.472 e. The van der Waals surface area contributed by atoms with Crippen molar-refractivity contribution in [2.24, 2.45) is 0 Å². The predicted octanol–water partition coefficient (Wildman–Crippen LogP) is 1.96. The van der Waals surface area contributed by atoms with Gasteiger partial charge < -0.3 is 42.5 Å². The first-order valence-corrected chi connectivity index (χ1v) is 17.7. The Balaban J connectivity index is 1.52. The van der Waals surface area contributed by atoms with Gasteiger partial charge in [0.15, 0.2) is 0 Å². The van der Waals surface area contributed by atoms with Crippen LogP contribution < -0.4 is 0 Å². The molecule has 0 amide bonds. The molecule has 0 saturated carbocycles. The van der Waals surface area contributed by atoms with Gasteiger partial charge in [-0.3, -0.25) is 9.05 Å². The quantitative estimate of drug-likeness (QED) is 0.225. The van der Waals surface area contributed by atoms with Gasteiger partial charge in [0.25, 0.3) is 0 Å². The molecule has 0 bridgehead atoms. The lowest BCUT2D eigenvalue weighted by atomic mass is 9.96. The van der Waals surface area contributed by atoms with E-state index in [9.17, 15) is 14.4 Å². The van der Waals surface area contributed by atoms with E-state index in [2.05, 4.69) is 0 Å². The Morgan fingerprint density at radius 1 is 0.732 bits per heavy atom. The fraction of sp³-hybridized carbons (Fsp3) is 1.00. The molecule has 3 aliphatic rings. The zero-order valence-electron chi connectivity index (χ0n) is 24.5. The molecule has 3 saturated heterocycles. The predicted molar refractivity (Wildman–Crippen MR) is 155 cm³/mol. The highest BCUT2D eigenvalue weighted by Gasteiger charge is 2.43. The molecule has 0 spiro atoms. The number of ether oxygens (including phenoxy) is 5. The molecule has 2 N–H and O–H groups in total. The summed E-state index contributed by atoms with van der Waals surface area (Å²) in [5.41, 5.74) is -0.893. The fourth-order valence-electron chi connectivity index (χ4n) is 4.56. The Bertz CT molecular complexity index is 954. The molecule has 6 radical (unpaired) electrons. The lowest BCUT2D eigenvalue weighted by molar-refractivity contribution is -0.0981. The standard InChI is InChI=1S/C23H41B3O12P2S/c1-22(2,3)30-10-16-14(8-20(25)33-16)37-39(27,28)31-11-18-15(9-21(26)35-18)38-40(29,41)32-12-17-13(7-19(24)34-17)36-23(4,5)6/h13-21H,7-12H2,1-6H3,(H,27,28)(H,29,41)/t13?,14?,15?,16-,17-,18-,19-,20-,21-,40?/m1/s1. The van der Waals surface area contributed by atoms with Crippen LogP contribution in [0.1, 0.15) is 60.8 Å². The zero-order valence-corrected chi connectivity index (χ0v) is 27.1. The van der Waals surface area contributed by atoms with Gasteiger partial charge in [-0.05, 0) is 72.6 Å². The van der Waals surface area contributed by atoms with E-state index in [0.717, 1.165) is 0 Å². The van der Waals surface area contributed by atoms with Gasteiger partial charge in [-0.1, -0.05) is 0 Å². The highest BCUT2D eigenvalue weighted by Crippen LogP contribution is 2.50. The van der Waals surface area contributed by atoms with Crippen LogP contribution in [-0.4, -0.2) is 119 Å². The summed E-state index contributed by atoms with van der Waals surface area (Å²) in [5, 5.41) is 0. The van der Waals surface area contributed by atoms with E-state index < -0.39 is 80.9 Å². The molecule has 3 fully saturated rings. The maximum atomic E-state index is 12.8. The minimum absolute atomic E-state index is 0.112. The van der Waals surface area contributed by atoms with Gasteiger partial charge in [0.05, 0.1) is 49.3 Å². The van der Waals surface area contributed by atoms with E-state index in [-0.39, 0.29) is 32.2 Å². The minimum atomic E-state index is -4.60. The summed E-state index contributed by atoms with van der Waals surface area (Å²) in [7, 11) is 13.1.